The molecule has 2 rings (SSSR count). The van der Waals surface area contributed by atoms with Crippen LogP contribution in [-0.2, 0) is 7.05 Å². The van der Waals surface area contributed by atoms with Crippen molar-refractivity contribution in [1.82, 2.24) is 9.55 Å². The monoisotopic (exact) mass is 264 g/mol. The molecule has 0 aliphatic rings. The Bertz CT molecular complexity index is 612. The molecule has 0 radical (unpaired) electrons. The first-order valence-corrected chi connectivity index (χ1v) is 5.66. The fourth-order valence-electron chi connectivity index (χ4n) is 1.85. The van der Waals surface area contributed by atoms with Gasteiger partial charge in [0.2, 0.25) is 5.82 Å². The van der Waals surface area contributed by atoms with Crippen LogP contribution in [0.4, 0.5) is 15.8 Å². The van der Waals surface area contributed by atoms with Gasteiger partial charge in [-0.25, -0.2) is 4.98 Å². The van der Waals surface area contributed by atoms with E-state index < -0.39 is 16.4 Å². The lowest BCUT2D eigenvalue weighted by Crippen LogP contribution is -2.12. The molecule has 0 spiro atoms. The van der Waals surface area contributed by atoms with Crippen molar-refractivity contribution in [2.45, 2.75) is 13.0 Å². The van der Waals surface area contributed by atoms with E-state index in [9.17, 15) is 14.5 Å². The zero-order valence-corrected chi connectivity index (χ0v) is 10.5. The van der Waals surface area contributed by atoms with E-state index in [0.29, 0.717) is 5.69 Å². The molecule has 100 valence electrons. The van der Waals surface area contributed by atoms with Crippen LogP contribution in [0.15, 0.2) is 30.6 Å². The van der Waals surface area contributed by atoms with Crippen LogP contribution in [0.25, 0.3) is 0 Å². The summed E-state index contributed by atoms with van der Waals surface area (Å²) in [6.45, 7) is 1.87. The van der Waals surface area contributed by atoms with E-state index in [1.54, 1.807) is 12.4 Å². The fraction of sp³-hybridized carbons (Fsp3) is 0.250. The standard InChI is InChI=1S/C12H13FN4O2/c1-8(12-14-5-6-16(12)2)15-9-3-4-10(13)11(7-9)17(18)19/h3-8,15H,1-2H3. The summed E-state index contributed by atoms with van der Waals surface area (Å²) in [4.78, 5) is 14.1. The van der Waals surface area contributed by atoms with Gasteiger partial charge in [-0.15, -0.1) is 0 Å². The maximum absolute atomic E-state index is 13.2. The topological polar surface area (TPSA) is 73.0 Å². The first-order chi connectivity index (χ1) is 8.99. The third-order valence-corrected chi connectivity index (χ3v) is 2.77. The summed E-state index contributed by atoms with van der Waals surface area (Å²) in [5.41, 5.74) is -0.0689. The van der Waals surface area contributed by atoms with Gasteiger partial charge in [-0.2, -0.15) is 4.39 Å². The van der Waals surface area contributed by atoms with Crippen molar-refractivity contribution in [2.75, 3.05) is 5.32 Å². The van der Waals surface area contributed by atoms with Crippen molar-refractivity contribution in [3.05, 3.63) is 52.3 Å². The molecule has 2 aromatic rings. The van der Waals surface area contributed by atoms with Crippen LogP contribution in [0.2, 0.25) is 0 Å². The minimum atomic E-state index is -0.847. The summed E-state index contributed by atoms with van der Waals surface area (Å²) in [5, 5.41) is 13.7. The molecule has 0 saturated carbocycles. The van der Waals surface area contributed by atoms with E-state index >= 15 is 0 Å². The van der Waals surface area contributed by atoms with Crippen molar-refractivity contribution >= 4 is 11.4 Å². The second-order valence-corrected chi connectivity index (χ2v) is 4.19. The molecule has 0 saturated heterocycles. The first-order valence-electron chi connectivity index (χ1n) is 5.66. The van der Waals surface area contributed by atoms with Gasteiger partial charge in [0.15, 0.2) is 0 Å². The Morgan fingerprint density at radius 3 is 2.84 bits per heavy atom. The summed E-state index contributed by atoms with van der Waals surface area (Å²) in [5.74, 6) is -0.0628. The Morgan fingerprint density at radius 1 is 1.53 bits per heavy atom. The number of hydrogen-bond donors (Lipinski definition) is 1. The number of anilines is 1. The molecular formula is C12H13FN4O2. The number of nitrogens with one attached hydrogen (secondary N) is 1. The van der Waals surface area contributed by atoms with Crippen LogP contribution in [0.3, 0.4) is 0 Å². The molecule has 0 aliphatic carbocycles. The van der Waals surface area contributed by atoms with Crippen molar-refractivity contribution in [1.29, 1.82) is 0 Å². The number of halogens is 1. The van der Waals surface area contributed by atoms with E-state index in [1.165, 1.54) is 12.1 Å². The van der Waals surface area contributed by atoms with E-state index in [1.807, 2.05) is 18.5 Å². The molecule has 1 aromatic carbocycles. The predicted octanol–water partition coefficient (Wildman–Crippen LogP) is 2.64. The van der Waals surface area contributed by atoms with E-state index in [-0.39, 0.29) is 6.04 Å². The summed E-state index contributed by atoms with van der Waals surface area (Å²) < 4.78 is 15.1. The number of benzene rings is 1. The first kappa shape index (κ1) is 13.0. The molecular weight excluding hydrogens is 251 g/mol. The molecule has 1 heterocycles. The number of nitrogens with zero attached hydrogens (tertiary/aromatic N) is 3. The average Bonchev–Trinajstić information content (AvgIpc) is 2.77. The van der Waals surface area contributed by atoms with Gasteiger partial charge in [-0.05, 0) is 19.1 Å². The minimum Gasteiger partial charge on any atom is -0.375 e. The van der Waals surface area contributed by atoms with Gasteiger partial charge in [0.1, 0.15) is 5.82 Å². The zero-order valence-electron chi connectivity index (χ0n) is 10.5. The number of nitro benzene ring substituents is 1. The fourth-order valence-corrected chi connectivity index (χ4v) is 1.85. The highest BCUT2D eigenvalue weighted by molar-refractivity contribution is 5.52. The molecule has 7 heteroatoms. The minimum absolute atomic E-state index is 0.148. The lowest BCUT2D eigenvalue weighted by atomic mass is 10.2. The number of hydrogen-bond acceptors (Lipinski definition) is 4. The van der Waals surface area contributed by atoms with Crippen LogP contribution >= 0.6 is 0 Å². The van der Waals surface area contributed by atoms with Crippen molar-refractivity contribution in [2.24, 2.45) is 7.05 Å². The van der Waals surface area contributed by atoms with Gasteiger partial charge >= 0.3 is 5.69 Å². The van der Waals surface area contributed by atoms with Gasteiger partial charge in [-0.1, -0.05) is 0 Å². The third-order valence-electron chi connectivity index (χ3n) is 2.77. The smallest absolute Gasteiger partial charge is 0.306 e. The molecule has 1 atom stereocenters. The molecule has 6 nitrogen and oxygen atoms in total. The number of rotatable bonds is 4. The van der Waals surface area contributed by atoms with Crippen LogP contribution in [0, 0.1) is 15.9 Å². The maximum atomic E-state index is 13.2. The quantitative estimate of drug-likeness (QED) is 0.680. The van der Waals surface area contributed by atoms with Gasteiger partial charge in [-0.3, -0.25) is 10.1 Å². The largest absolute Gasteiger partial charge is 0.375 e. The molecule has 1 aromatic heterocycles. The second-order valence-electron chi connectivity index (χ2n) is 4.19. The second kappa shape index (κ2) is 5.05. The molecule has 1 N–H and O–H groups in total. The van der Waals surface area contributed by atoms with Gasteiger partial charge < -0.3 is 9.88 Å². The zero-order chi connectivity index (χ0) is 14.0. The van der Waals surface area contributed by atoms with Gasteiger partial charge in [0.05, 0.1) is 11.0 Å². The lowest BCUT2D eigenvalue weighted by molar-refractivity contribution is -0.387. The Kier molecular flexibility index (Phi) is 3.46. The third kappa shape index (κ3) is 2.70. The molecule has 1 unspecified atom stereocenters. The maximum Gasteiger partial charge on any atom is 0.306 e. The van der Waals surface area contributed by atoms with Crippen molar-refractivity contribution < 1.29 is 9.31 Å². The van der Waals surface area contributed by atoms with Crippen molar-refractivity contribution in [3.8, 4) is 0 Å². The molecule has 0 fully saturated rings. The SMILES string of the molecule is CC(Nc1ccc(F)c([N+](=O)[O-])c1)c1nccn1C. The van der Waals surface area contributed by atoms with Gasteiger partial charge in [0.25, 0.3) is 0 Å². The average molecular weight is 264 g/mol. The summed E-state index contributed by atoms with van der Waals surface area (Å²) >= 11 is 0. The Hall–Kier alpha value is -2.44. The van der Waals surface area contributed by atoms with E-state index in [0.717, 1.165) is 11.9 Å². The number of aromatic nitrogens is 2. The number of aryl methyl sites for hydroxylation is 1. The normalized spacial score (nSPS) is 12.2. The van der Waals surface area contributed by atoms with E-state index in [4.69, 9.17) is 0 Å². The van der Waals surface area contributed by atoms with E-state index in [2.05, 4.69) is 10.3 Å². The highest BCUT2D eigenvalue weighted by atomic mass is 19.1. The predicted molar refractivity (Wildman–Crippen MR) is 68.3 cm³/mol. The molecule has 19 heavy (non-hydrogen) atoms. The molecule has 0 amide bonds. The summed E-state index contributed by atoms with van der Waals surface area (Å²) in [6, 6.07) is 3.56. The van der Waals surface area contributed by atoms with Crippen molar-refractivity contribution in [3.63, 3.8) is 0 Å². The highest BCUT2D eigenvalue weighted by Gasteiger charge is 2.16. The van der Waals surface area contributed by atoms with Gasteiger partial charge in [0, 0.05) is 31.2 Å². The lowest BCUT2D eigenvalue weighted by Gasteiger charge is -2.15. The van der Waals surface area contributed by atoms with Crippen LogP contribution in [-0.4, -0.2) is 14.5 Å². The van der Waals surface area contributed by atoms with Crippen LogP contribution in [0.1, 0.15) is 18.8 Å². The number of nitro groups is 1. The Labute approximate surface area is 109 Å². The molecule has 0 bridgehead atoms. The Morgan fingerprint density at radius 2 is 2.26 bits per heavy atom. The van der Waals surface area contributed by atoms with Crippen LogP contribution in [0.5, 0.6) is 0 Å². The summed E-state index contributed by atoms with van der Waals surface area (Å²) in [7, 11) is 1.85. The van der Waals surface area contributed by atoms with Crippen LogP contribution < -0.4 is 5.32 Å². The Balaban J connectivity index is 2.22. The number of imidazole rings is 1. The highest BCUT2D eigenvalue weighted by Crippen LogP contribution is 2.24. The molecule has 0 aliphatic heterocycles. The summed E-state index contributed by atoms with van der Waals surface area (Å²) in [6.07, 6.45) is 3.47.